The van der Waals surface area contributed by atoms with Gasteiger partial charge in [-0.3, -0.25) is 0 Å². The van der Waals surface area contributed by atoms with Crippen LogP contribution in [0.25, 0.3) is 0 Å². The number of methoxy groups -OCH3 is 1. The van der Waals surface area contributed by atoms with E-state index >= 15 is 0 Å². The molecule has 0 N–H and O–H groups in total. The standard InChI is InChI=1S/C31H32O/c1-22(25-14-8-5-9-15-25)28-20-29(23(2)26-16-10-6-11-17-26)31(32-4)30(21-28)24(3)27-18-12-7-13-19-27/h5-24H,1-4H3. The third-order valence-electron chi connectivity index (χ3n) is 6.70. The van der Waals surface area contributed by atoms with Crippen LogP contribution in [0.1, 0.15) is 71.9 Å². The lowest BCUT2D eigenvalue weighted by Gasteiger charge is -2.25. The van der Waals surface area contributed by atoms with Gasteiger partial charge in [0.1, 0.15) is 5.75 Å². The van der Waals surface area contributed by atoms with E-state index in [4.69, 9.17) is 4.74 Å². The Morgan fingerprint density at radius 2 is 0.812 bits per heavy atom. The summed E-state index contributed by atoms with van der Waals surface area (Å²) in [4.78, 5) is 0. The number of hydrogen-bond acceptors (Lipinski definition) is 1. The van der Waals surface area contributed by atoms with E-state index in [1.54, 1.807) is 7.11 Å². The molecule has 0 aromatic heterocycles. The van der Waals surface area contributed by atoms with Crippen molar-refractivity contribution >= 4 is 0 Å². The molecule has 1 nitrogen and oxygen atoms in total. The predicted octanol–water partition coefficient (Wildman–Crippen LogP) is 8.15. The summed E-state index contributed by atoms with van der Waals surface area (Å²) in [5.41, 5.74) is 7.75. The Morgan fingerprint density at radius 1 is 0.469 bits per heavy atom. The summed E-state index contributed by atoms with van der Waals surface area (Å²) < 4.78 is 6.10. The molecule has 0 saturated heterocycles. The molecule has 0 amide bonds. The molecule has 0 aliphatic rings. The van der Waals surface area contributed by atoms with E-state index in [0.29, 0.717) is 5.92 Å². The van der Waals surface area contributed by atoms with Gasteiger partial charge >= 0.3 is 0 Å². The first-order valence-corrected chi connectivity index (χ1v) is 11.5. The highest BCUT2D eigenvalue weighted by molar-refractivity contribution is 5.54. The average Bonchev–Trinajstić information content (AvgIpc) is 2.88. The van der Waals surface area contributed by atoms with Gasteiger partial charge in [-0.15, -0.1) is 0 Å². The van der Waals surface area contributed by atoms with Crippen molar-refractivity contribution in [2.75, 3.05) is 7.11 Å². The molecule has 0 spiro atoms. The average molecular weight is 421 g/mol. The molecule has 0 saturated carbocycles. The highest BCUT2D eigenvalue weighted by Gasteiger charge is 2.23. The molecule has 0 aliphatic carbocycles. The van der Waals surface area contributed by atoms with E-state index in [2.05, 4.69) is 124 Å². The van der Waals surface area contributed by atoms with Crippen molar-refractivity contribution in [1.82, 2.24) is 0 Å². The third-order valence-corrected chi connectivity index (χ3v) is 6.70. The molecule has 162 valence electrons. The van der Waals surface area contributed by atoms with Crippen LogP contribution < -0.4 is 4.74 Å². The molecule has 0 radical (unpaired) electrons. The quantitative estimate of drug-likeness (QED) is 0.293. The maximum absolute atomic E-state index is 6.10. The molecular formula is C31H32O. The molecular weight excluding hydrogens is 388 g/mol. The zero-order chi connectivity index (χ0) is 22.5. The zero-order valence-electron chi connectivity index (χ0n) is 19.5. The van der Waals surface area contributed by atoms with Crippen LogP contribution in [0.15, 0.2) is 103 Å². The lowest BCUT2D eigenvalue weighted by Crippen LogP contribution is -2.09. The van der Waals surface area contributed by atoms with Gasteiger partial charge in [0.2, 0.25) is 0 Å². The molecule has 0 fully saturated rings. The monoisotopic (exact) mass is 420 g/mol. The van der Waals surface area contributed by atoms with Gasteiger partial charge in [0.25, 0.3) is 0 Å². The lowest BCUT2D eigenvalue weighted by atomic mass is 9.81. The summed E-state index contributed by atoms with van der Waals surface area (Å²) in [6.45, 7) is 6.85. The molecule has 3 atom stereocenters. The van der Waals surface area contributed by atoms with Crippen LogP contribution in [-0.4, -0.2) is 7.11 Å². The predicted molar refractivity (Wildman–Crippen MR) is 135 cm³/mol. The van der Waals surface area contributed by atoms with Crippen LogP contribution in [0.4, 0.5) is 0 Å². The Kier molecular flexibility index (Phi) is 6.75. The van der Waals surface area contributed by atoms with Crippen molar-refractivity contribution in [2.24, 2.45) is 0 Å². The normalized spacial score (nSPS) is 13.9. The van der Waals surface area contributed by atoms with Gasteiger partial charge < -0.3 is 4.74 Å². The van der Waals surface area contributed by atoms with Gasteiger partial charge in [0.05, 0.1) is 7.11 Å². The second-order valence-electron chi connectivity index (χ2n) is 8.63. The number of rotatable bonds is 7. The van der Waals surface area contributed by atoms with Gasteiger partial charge in [0.15, 0.2) is 0 Å². The van der Waals surface area contributed by atoms with Crippen LogP contribution in [0.3, 0.4) is 0 Å². The van der Waals surface area contributed by atoms with E-state index in [9.17, 15) is 0 Å². The van der Waals surface area contributed by atoms with E-state index in [-0.39, 0.29) is 11.8 Å². The Balaban J connectivity index is 1.89. The molecule has 32 heavy (non-hydrogen) atoms. The minimum absolute atomic E-state index is 0.232. The molecule has 0 bridgehead atoms. The smallest absolute Gasteiger partial charge is 0.126 e. The first kappa shape index (κ1) is 21.9. The fourth-order valence-electron chi connectivity index (χ4n) is 4.60. The van der Waals surface area contributed by atoms with Crippen LogP contribution in [0.2, 0.25) is 0 Å². The van der Waals surface area contributed by atoms with Crippen LogP contribution in [0.5, 0.6) is 5.75 Å². The fourth-order valence-corrected chi connectivity index (χ4v) is 4.60. The van der Waals surface area contributed by atoms with Gasteiger partial charge in [-0.05, 0) is 22.3 Å². The Labute approximate surface area is 192 Å². The number of hydrogen-bond donors (Lipinski definition) is 0. The highest BCUT2D eigenvalue weighted by atomic mass is 16.5. The maximum atomic E-state index is 6.10. The van der Waals surface area contributed by atoms with Crippen LogP contribution in [-0.2, 0) is 0 Å². The Morgan fingerprint density at radius 3 is 1.16 bits per heavy atom. The van der Waals surface area contributed by atoms with Crippen molar-refractivity contribution in [1.29, 1.82) is 0 Å². The minimum Gasteiger partial charge on any atom is -0.496 e. The van der Waals surface area contributed by atoms with Gasteiger partial charge in [-0.2, -0.15) is 0 Å². The summed E-state index contributed by atoms with van der Waals surface area (Å²) in [6, 6.07) is 36.9. The Hall–Kier alpha value is -3.32. The summed E-state index contributed by atoms with van der Waals surface area (Å²) in [7, 11) is 1.80. The lowest BCUT2D eigenvalue weighted by molar-refractivity contribution is 0.401. The first-order chi connectivity index (χ1) is 15.6. The summed E-state index contributed by atoms with van der Waals surface area (Å²) in [5.74, 6) is 1.76. The molecule has 0 aliphatic heterocycles. The van der Waals surface area contributed by atoms with Crippen molar-refractivity contribution in [3.05, 3.63) is 137 Å². The number of ether oxygens (including phenoxy) is 1. The zero-order valence-corrected chi connectivity index (χ0v) is 19.5. The maximum Gasteiger partial charge on any atom is 0.126 e. The third kappa shape index (κ3) is 4.48. The van der Waals surface area contributed by atoms with Crippen LogP contribution >= 0.6 is 0 Å². The van der Waals surface area contributed by atoms with E-state index in [0.717, 1.165) is 5.75 Å². The number of benzene rings is 4. The highest BCUT2D eigenvalue weighted by Crippen LogP contribution is 2.42. The summed E-state index contributed by atoms with van der Waals surface area (Å²) in [5, 5.41) is 0. The van der Waals surface area contributed by atoms with Crippen LogP contribution in [0, 0.1) is 0 Å². The SMILES string of the molecule is COc1c(C(C)c2ccccc2)cc(C(C)c2ccccc2)cc1C(C)c1ccccc1. The van der Waals surface area contributed by atoms with Gasteiger partial charge in [0, 0.05) is 28.9 Å². The largest absolute Gasteiger partial charge is 0.496 e. The summed E-state index contributed by atoms with van der Waals surface area (Å²) in [6.07, 6.45) is 0. The first-order valence-electron chi connectivity index (χ1n) is 11.5. The van der Waals surface area contributed by atoms with Gasteiger partial charge in [-0.1, -0.05) is 124 Å². The van der Waals surface area contributed by atoms with E-state index < -0.39 is 0 Å². The molecule has 4 rings (SSSR count). The topological polar surface area (TPSA) is 9.23 Å². The van der Waals surface area contributed by atoms with E-state index in [1.165, 1.54) is 33.4 Å². The molecule has 0 heterocycles. The molecule has 4 aromatic carbocycles. The minimum atomic E-state index is 0.232. The van der Waals surface area contributed by atoms with Gasteiger partial charge in [-0.25, -0.2) is 0 Å². The van der Waals surface area contributed by atoms with Crippen molar-refractivity contribution in [3.8, 4) is 5.75 Å². The fraction of sp³-hybridized carbons (Fsp3) is 0.226. The van der Waals surface area contributed by atoms with E-state index in [1.807, 2.05) is 0 Å². The second-order valence-corrected chi connectivity index (χ2v) is 8.63. The Bertz CT molecular complexity index is 1070. The van der Waals surface area contributed by atoms with Crippen molar-refractivity contribution in [3.63, 3.8) is 0 Å². The van der Waals surface area contributed by atoms with Crippen molar-refractivity contribution in [2.45, 2.75) is 38.5 Å². The molecule has 4 aromatic rings. The second kappa shape index (κ2) is 9.87. The molecule has 3 unspecified atom stereocenters. The molecule has 1 heteroatoms. The van der Waals surface area contributed by atoms with Crippen molar-refractivity contribution < 1.29 is 4.74 Å². The summed E-state index contributed by atoms with van der Waals surface area (Å²) >= 11 is 0.